The van der Waals surface area contributed by atoms with Gasteiger partial charge in [0.1, 0.15) is 0 Å². The molecule has 0 aliphatic carbocycles. The number of hydrogen-bond donors (Lipinski definition) is 1. The van der Waals surface area contributed by atoms with Crippen LogP contribution >= 0.6 is 15.9 Å². The fourth-order valence-electron chi connectivity index (χ4n) is 1.99. The highest BCUT2D eigenvalue weighted by molar-refractivity contribution is 9.10. The first-order valence-corrected chi connectivity index (χ1v) is 6.71. The molecule has 0 aliphatic rings. The molecule has 0 radical (unpaired) electrons. The maximum Gasteiger partial charge on any atom is 0.0722 e. The molecule has 0 fully saturated rings. The van der Waals surface area contributed by atoms with Gasteiger partial charge in [-0.2, -0.15) is 0 Å². The van der Waals surface area contributed by atoms with Gasteiger partial charge in [-0.1, -0.05) is 18.2 Å². The molecule has 1 aromatic carbocycles. The van der Waals surface area contributed by atoms with Gasteiger partial charge in [0.25, 0.3) is 0 Å². The molecular weight excluding hydrogens is 288 g/mol. The van der Waals surface area contributed by atoms with E-state index < -0.39 is 0 Å². The van der Waals surface area contributed by atoms with Crippen molar-refractivity contribution < 1.29 is 0 Å². The lowest BCUT2D eigenvalue weighted by Gasteiger charge is -2.16. The Bertz CT molecular complexity index is 587. The summed E-state index contributed by atoms with van der Waals surface area (Å²) in [5, 5.41) is 4.41. The van der Waals surface area contributed by atoms with Crippen LogP contribution < -0.4 is 5.32 Å². The highest BCUT2D eigenvalue weighted by atomic mass is 79.9. The molecule has 0 bridgehead atoms. The van der Waals surface area contributed by atoms with Gasteiger partial charge < -0.3 is 5.32 Å². The molecule has 1 unspecified atom stereocenters. The van der Waals surface area contributed by atoms with E-state index >= 15 is 0 Å². The summed E-state index contributed by atoms with van der Waals surface area (Å²) in [5.74, 6) is 2.68. The molecule has 1 atom stereocenters. The lowest BCUT2D eigenvalue weighted by molar-refractivity contribution is 0.544. The first kappa shape index (κ1) is 13.1. The van der Waals surface area contributed by atoms with Crippen LogP contribution in [0.25, 0.3) is 10.9 Å². The van der Waals surface area contributed by atoms with Crippen molar-refractivity contribution in [3.8, 4) is 12.3 Å². The number of fused-ring (bicyclic) bond motifs is 1. The van der Waals surface area contributed by atoms with Crippen LogP contribution in [0.3, 0.4) is 0 Å². The zero-order chi connectivity index (χ0) is 13.0. The van der Waals surface area contributed by atoms with Gasteiger partial charge in [-0.05, 0) is 41.5 Å². The van der Waals surface area contributed by atoms with E-state index in [4.69, 9.17) is 11.4 Å². The highest BCUT2D eigenvalue weighted by Gasteiger charge is 2.14. The second-order valence-corrected chi connectivity index (χ2v) is 4.99. The van der Waals surface area contributed by atoms with Crippen LogP contribution in [0.15, 0.2) is 34.8 Å². The van der Waals surface area contributed by atoms with Crippen molar-refractivity contribution in [3.05, 3.63) is 40.5 Å². The number of nitrogens with one attached hydrogen (secondary N) is 1. The molecule has 1 aromatic heterocycles. The minimum absolute atomic E-state index is 0.181. The molecule has 0 saturated heterocycles. The molecule has 2 nitrogen and oxygen atoms in total. The largest absolute Gasteiger partial charge is 0.312 e. The third kappa shape index (κ3) is 2.72. The number of aromatic nitrogens is 1. The number of nitrogens with zero attached hydrogens (tertiary/aromatic N) is 1. The molecule has 2 aromatic rings. The summed E-state index contributed by atoms with van der Waals surface area (Å²) in [6.07, 6.45) is 6.96. The Labute approximate surface area is 116 Å². The van der Waals surface area contributed by atoms with E-state index in [1.165, 1.54) is 0 Å². The van der Waals surface area contributed by atoms with Gasteiger partial charge in [-0.15, -0.1) is 12.3 Å². The van der Waals surface area contributed by atoms with E-state index in [-0.39, 0.29) is 6.04 Å². The van der Waals surface area contributed by atoms with Crippen molar-refractivity contribution >= 4 is 26.8 Å². The number of halogens is 1. The molecule has 0 amide bonds. The monoisotopic (exact) mass is 302 g/mol. The maximum absolute atomic E-state index is 5.33. The fourth-order valence-corrected chi connectivity index (χ4v) is 2.61. The molecular formula is C15H15BrN2. The van der Waals surface area contributed by atoms with Gasteiger partial charge in [0.05, 0.1) is 17.3 Å². The number of rotatable bonds is 4. The molecule has 3 heteroatoms. The van der Waals surface area contributed by atoms with E-state index in [0.29, 0.717) is 0 Å². The third-order valence-electron chi connectivity index (χ3n) is 2.96. The summed E-state index contributed by atoms with van der Waals surface area (Å²) >= 11 is 3.60. The Morgan fingerprint density at radius 1 is 1.44 bits per heavy atom. The summed E-state index contributed by atoms with van der Waals surface area (Å²) in [6.45, 7) is 0. The Morgan fingerprint density at radius 2 is 2.22 bits per heavy atom. The molecule has 18 heavy (non-hydrogen) atoms. The predicted octanol–water partition coefficient (Wildman–Crippen LogP) is 3.67. The summed E-state index contributed by atoms with van der Waals surface area (Å²) in [4.78, 5) is 4.72. The van der Waals surface area contributed by atoms with Gasteiger partial charge in [0.15, 0.2) is 0 Å². The van der Waals surface area contributed by atoms with E-state index in [1.54, 1.807) is 0 Å². The average Bonchev–Trinajstić information content (AvgIpc) is 2.40. The topological polar surface area (TPSA) is 24.9 Å². The summed E-state index contributed by atoms with van der Waals surface area (Å²) in [6, 6.07) is 10.4. The van der Waals surface area contributed by atoms with Crippen molar-refractivity contribution in [2.24, 2.45) is 0 Å². The molecule has 92 valence electrons. The van der Waals surface area contributed by atoms with E-state index in [1.807, 2.05) is 25.2 Å². The van der Waals surface area contributed by atoms with Gasteiger partial charge >= 0.3 is 0 Å². The van der Waals surface area contributed by atoms with Gasteiger partial charge in [-0.25, -0.2) is 4.98 Å². The lowest BCUT2D eigenvalue weighted by atomic mass is 10.1. The molecule has 1 heterocycles. The highest BCUT2D eigenvalue weighted by Crippen LogP contribution is 2.27. The lowest BCUT2D eigenvalue weighted by Crippen LogP contribution is -2.18. The minimum Gasteiger partial charge on any atom is -0.312 e. The van der Waals surface area contributed by atoms with E-state index in [0.717, 1.165) is 33.9 Å². The minimum atomic E-state index is 0.181. The van der Waals surface area contributed by atoms with Crippen molar-refractivity contribution in [2.75, 3.05) is 7.05 Å². The van der Waals surface area contributed by atoms with Crippen LogP contribution in [-0.4, -0.2) is 12.0 Å². The Balaban J connectivity index is 2.42. The summed E-state index contributed by atoms with van der Waals surface area (Å²) in [7, 11) is 1.94. The second-order valence-electron chi connectivity index (χ2n) is 4.13. The zero-order valence-electron chi connectivity index (χ0n) is 10.3. The van der Waals surface area contributed by atoms with Gasteiger partial charge in [-0.3, -0.25) is 0 Å². The number of pyridine rings is 1. The third-order valence-corrected chi connectivity index (χ3v) is 3.60. The van der Waals surface area contributed by atoms with Gasteiger partial charge in [0.2, 0.25) is 0 Å². The number of hydrogen-bond acceptors (Lipinski definition) is 2. The van der Waals surface area contributed by atoms with Crippen LogP contribution in [0.5, 0.6) is 0 Å². The van der Waals surface area contributed by atoms with Gasteiger partial charge in [0, 0.05) is 16.3 Å². The Hall–Kier alpha value is -1.37. The first-order valence-electron chi connectivity index (χ1n) is 5.92. The number of para-hydroxylation sites is 1. The zero-order valence-corrected chi connectivity index (χ0v) is 11.9. The van der Waals surface area contributed by atoms with Crippen LogP contribution in [0.1, 0.15) is 24.6 Å². The van der Waals surface area contributed by atoms with Crippen LogP contribution in [0, 0.1) is 12.3 Å². The molecule has 0 spiro atoms. The van der Waals surface area contributed by atoms with Crippen molar-refractivity contribution in [2.45, 2.75) is 18.9 Å². The molecule has 2 rings (SSSR count). The standard InChI is InChI=1S/C15H15BrN2/c1-3-4-8-14(17-2)15-12(16)10-11-7-5-6-9-13(11)18-15/h1,5-7,9-10,14,17H,4,8H2,2H3. The number of benzene rings is 1. The van der Waals surface area contributed by atoms with Crippen LogP contribution in [0.4, 0.5) is 0 Å². The van der Waals surface area contributed by atoms with Crippen molar-refractivity contribution in [1.82, 2.24) is 10.3 Å². The number of terminal acetylenes is 1. The normalized spacial score (nSPS) is 12.3. The summed E-state index contributed by atoms with van der Waals surface area (Å²) < 4.78 is 1.03. The van der Waals surface area contributed by atoms with E-state index in [9.17, 15) is 0 Å². The molecule has 0 saturated carbocycles. The van der Waals surface area contributed by atoms with E-state index in [2.05, 4.69) is 39.3 Å². The quantitative estimate of drug-likeness (QED) is 0.872. The second kappa shape index (κ2) is 5.99. The first-order chi connectivity index (χ1) is 8.76. The van der Waals surface area contributed by atoms with Crippen LogP contribution in [0.2, 0.25) is 0 Å². The van der Waals surface area contributed by atoms with Crippen molar-refractivity contribution in [3.63, 3.8) is 0 Å². The fraction of sp³-hybridized carbons (Fsp3) is 0.267. The Morgan fingerprint density at radius 3 is 2.94 bits per heavy atom. The molecule has 1 N–H and O–H groups in total. The predicted molar refractivity (Wildman–Crippen MR) is 79.3 cm³/mol. The average molecular weight is 303 g/mol. The smallest absolute Gasteiger partial charge is 0.0722 e. The van der Waals surface area contributed by atoms with Crippen molar-refractivity contribution in [1.29, 1.82) is 0 Å². The molecule has 0 aliphatic heterocycles. The maximum atomic E-state index is 5.33. The SMILES string of the molecule is C#CCCC(NC)c1nc2ccccc2cc1Br. The Kier molecular flexibility index (Phi) is 4.35. The van der Waals surface area contributed by atoms with Crippen LogP contribution in [-0.2, 0) is 0 Å². The summed E-state index contributed by atoms with van der Waals surface area (Å²) in [5.41, 5.74) is 2.03.